The third-order valence-electron chi connectivity index (χ3n) is 1.51. The van der Waals surface area contributed by atoms with Crippen molar-refractivity contribution in [3.63, 3.8) is 0 Å². The summed E-state index contributed by atoms with van der Waals surface area (Å²) in [5, 5.41) is -0.0914. The predicted molar refractivity (Wildman–Crippen MR) is 52.4 cm³/mol. The van der Waals surface area contributed by atoms with Crippen LogP contribution in [0, 0.1) is 0 Å². The fraction of sp³-hybridized carbons (Fsp3) is 0.286. The third-order valence-corrected chi connectivity index (χ3v) is 3.98. The van der Waals surface area contributed by atoms with Crippen LogP contribution in [-0.2, 0) is 0 Å². The number of ketones is 1. The lowest BCUT2D eigenvalue weighted by Crippen LogP contribution is -2.43. The van der Waals surface area contributed by atoms with Crippen LogP contribution >= 0.6 is 38.9 Å². The van der Waals surface area contributed by atoms with Gasteiger partial charge < -0.3 is 0 Å². The van der Waals surface area contributed by atoms with Crippen molar-refractivity contribution < 1.29 is 26.7 Å². The predicted octanol–water partition coefficient (Wildman–Crippen LogP) is 4.54. The van der Waals surface area contributed by atoms with E-state index in [1.54, 1.807) is 0 Å². The van der Waals surface area contributed by atoms with Gasteiger partial charge in [-0.05, 0) is 22.0 Å². The fourth-order valence-electron chi connectivity index (χ4n) is 0.742. The molecule has 1 heterocycles. The molecule has 9 heteroatoms. The Bertz CT molecular complexity index is 407. The molecular weight excluding hydrogens is 342 g/mol. The molecule has 0 spiro atoms. The van der Waals surface area contributed by atoms with Gasteiger partial charge in [0.05, 0.1) is 13.7 Å². The second kappa shape index (κ2) is 4.23. The lowest BCUT2D eigenvalue weighted by Gasteiger charge is -2.16. The number of halogens is 7. The Labute approximate surface area is 103 Å². The second-order valence-corrected chi connectivity index (χ2v) is 5.41. The van der Waals surface area contributed by atoms with Gasteiger partial charge in [-0.25, -0.2) is 0 Å². The molecule has 0 fully saturated rings. The highest BCUT2D eigenvalue weighted by Gasteiger charge is 2.63. The van der Waals surface area contributed by atoms with E-state index in [0.717, 1.165) is 6.07 Å². The van der Waals surface area contributed by atoms with Crippen molar-refractivity contribution in [1.29, 1.82) is 0 Å². The normalized spacial score (nSPS) is 12.9. The fourth-order valence-corrected chi connectivity index (χ4v) is 2.42. The zero-order valence-electron chi connectivity index (χ0n) is 7.04. The van der Waals surface area contributed by atoms with Gasteiger partial charge in [0, 0.05) is 0 Å². The minimum Gasteiger partial charge on any atom is -0.286 e. The molecule has 1 rings (SSSR count). The molecule has 0 saturated heterocycles. The maximum atomic E-state index is 12.6. The molecule has 0 aliphatic rings. The summed E-state index contributed by atoms with van der Waals surface area (Å²) < 4.78 is 61.0. The molecule has 1 aromatic heterocycles. The first-order valence-corrected chi connectivity index (χ1v) is 5.50. The smallest absolute Gasteiger partial charge is 0.286 e. The zero-order valence-corrected chi connectivity index (χ0v) is 10.2. The van der Waals surface area contributed by atoms with Crippen LogP contribution in [0.2, 0.25) is 5.02 Å². The maximum absolute atomic E-state index is 12.6. The van der Waals surface area contributed by atoms with Gasteiger partial charge >= 0.3 is 12.1 Å². The monoisotopic (exact) mass is 342 g/mol. The number of hydrogen-bond acceptors (Lipinski definition) is 2. The SMILES string of the molecule is O=C(c1cc(Cl)c(Br)s1)C(F)(F)C(F)(F)F. The van der Waals surface area contributed by atoms with E-state index in [2.05, 4.69) is 15.9 Å². The molecular formula is C7HBrClF5OS. The number of carbonyl (C=O) groups is 1. The van der Waals surface area contributed by atoms with Gasteiger partial charge in [-0.1, -0.05) is 11.6 Å². The molecule has 0 saturated carbocycles. The molecule has 0 unspecified atom stereocenters. The van der Waals surface area contributed by atoms with Crippen molar-refractivity contribution in [3.8, 4) is 0 Å². The summed E-state index contributed by atoms with van der Waals surface area (Å²) in [4.78, 5) is 10.2. The molecule has 90 valence electrons. The van der Waals surface area contributed by atoms with Crippen molar-refractivity contribution in [3.05, 3.63) is 19.8 Å². The maximum Gasteiger partial charge on any atom is 0.461 e. The van der Waals surface area contributed by atoms with Gasteiger partial charge in [-0.2, -0.15) is 22.0 Å². The van der Waals surface area contributed by atoms with E-state index < -0.39 is 22.8 Å². The Morgan fingerprint density at radius 1 is 1.31 bits per heavy atom. The summed E-state index contributed by atoms with van der Waals surface area (Å²) in [6.45, 7) is 0. The topological polar surface area (TPSA) is 17.1 Å². The standard InChI is InChI=1S/C7HBrClF5OS/c8-5-2(9)1-3(16-5)4(15)6(10,11)7(12,13)14/h1H. The minimum absolute atomic E-state index is 0.0914. The number of carbonyl (C=O) groups excluding carboxylic acids is 1. The van der Waals surface area contributed by atoms with Crippen molar-refractivity contribution in [1.82, 2.24) is 0 Å². The summed E-state index contributed by atoms with van der Waals surface area (Å²) in [6.07, 6.45) is -5.91. The van der Waals surface area contributed by atoms with Crippen molar-refractivity contribution in [2.24, 2.45) is 0 Å². The summed E-state index contributed by atoms with van der Waals surface area (Å²) in [5.41, 5.74) is 0. The van der Waals surface area contributed by atoms with Crippen molar-refractivity contribution in [2.45, 2.75) is 12.1 Å². The van der Waals surface area contributed by atoms with Crippen LogP contribution < -0.4 is 0 Å². The largest absolute Gasteiger partial charge is 0.461 e. The lowest BCUT2D eigenvalue weighted by molar-refractivity contribution is -0.255. The molecule has 1 nitrogen and oxygen atoms in total. The summed E-state index contributed by atoms with van der Waals surface area (Å²) in [5.74, 6) is -7.71. The number of rotatable bonds is 2. The van der Waals surface area contributed by atoms with E-state index in [4.69, 9.17) is 11.6 Å². The quantitative estimate of drug-likeness (QED) is 0.569. The first kappa shape index (κ1) is 13.9. The first-order chi connectivity index (χ1) is 7.07. The van der Waals surface area contributed by atoms with Crippen molar-refractivity contribution in [2.75, 3.05) is 0 Å². The molecule has 16 heavy (non-hydrogen) atoms. The molecule has 1 aromatic rings. The van der Waals surface area contributed by atoms with Gasteiger partial charge in [0.25, 0.3) is 5.78 Å². The van der Waals surface area contributed by atoms with Gasteiger partial charge in [-0.15, -0.1) is 11.3 Å². The molecule has 0 aromatic carbocycles. The van der Waals surface area contributed by atoms with Crippen LogP contribution in [0.1, 0.15) is 9.67 Å². The van der Waals surface area contributed by atoms with Crippen LogP contribution in [0.5, 0.6) is 0 Å². The Kier molecular flexibility index (Phi) is 3.66. The number of Topliss-reactive ketones (excluding diaryl/α,β-unsaturated/α-hetero) is 1. The van der Waals surface area contributed by atoms with E-state index in [0.29, 0.717) is 11.3 Å². The first-order valence-electron chi connectivity index (χ1n) is 3.51. The molecule has 0 atom stereocenters. The molecule has 0 radical (unpaired) electrons. The van der Waals surface area contributed by atoms with E-state index in [1.807, 2.05) is 0 Å². The van der Waals surface area contributed by atoms with Gasteiger partial charge in [0.2, 0.25) is 0 Å². The van der Waals surface area contributed by atoms with Crippen LogP contribution in [0.25, 0.3) is 0 Å². The van der Waals surface area contributed by atoms with Crippen LogP contribution in [0.15, 0.2) is 9.85 Å². The molecule has 0 N–H and O–H groups in total. The Balaban J connectivity index is 3.12. The van der Waals surface area contributed by atoms with Gasteiger partial charge in [0.15, 0.2) is 0 Å². The lowest BCUT2D eigenvalue weighted by atomic mass is 10.2. The van der Waals surface area contributed by atoms with Gasteiger partial charge in [-0.3, -0.25) is 4.79 Å². The number of hydrogen-bond donors (Lipinski definition) is 0. The molecule has 0 bridgehead atoms. The van der Waals surface area contributed by atoms with Crippen LogP contribution in [0.4, 0.5) is 22.0 Å². The average Bonchev–Trinajstić information content (AvgIpc) is 2.43. The van der Waals surface area contributed by atoms with Gasteiger partial charge in [0.1, 0.15) is 0 Å². The Morgan fingerprint density at radius 2 is 1.81 bits per heavy atom. The van der Waals surface area contributed by atoms with E-state index in [1.165, 1.54) is 0 Å². The van der Waals surface area contributed by atoms with Crippen LogP contribution in [-0.4, -0.2) is 17.9 Å². The van der Waals surface area contributed by atoms with E-state index in [-0.39, 0.29) is 8.81 Å². The van der Waals surface area contributed by atoms with Crippen molar-refractivity contribution >= 4 is 44.7 Å². The third kappa shape index (κ3) is 2.38. The average molecular weight is 343 g/mol. The van der Waals surface area contributed by atoms with E-state index in [9.17, 15) is 26.7 Å². The molecule has 0 aliphatic heterocycles. The molecule has 0 aliphatic carbocycles. The summed E-state index contributed by atoms with van der Waals surface area (Å²) in [7, 11) is 0. The summed E-state index contributed by atoms with van der Waals surface area (Å²) >= 11 is 8.65. The Morgan fingerprint density at radius 3 is 2.12 bits per heavy atom. The number of thiophene rings is 1. The zero-order chi connectivity index (χ0) is 12.7. The second-order valence-electron chi connectivity index (χ2n) is 2.63. The number of alkyl halides is 5. The summed E-state index contributed by atoms with van der Waals surface area (Å²) in [6, 6.07) is 0.762. The van der Waals surface area contributed by atoms with E-state index >= 15 is 0 Å². The van der Waals surface area contributed by atoms with Crippen LogP contribution in [0.3, 0.4) is 0 Å². The highest BCUT2D eigenvalue weighted by Crippen LogP contribution is 2.41. The Hall–Kier alpha value is -0.210. The molecule has 0 amide bonds. The highest BCUT2D eigenvalue weighted by molar-refractivity contribution is 9.11. The highest BCUT2D eigenvalue weighted by atomic mass is 79.9. The minimum atomic E-state index is -5.91.